The molecule has 3 aromatic rings. The van der Waals surface area contributed by atoms with Gasteiger partial charge in [0.05, 0.1) is 16.0 Å². The predicted molar refractivity (Wildman–Crippen MR) is 103 cm³/mol. The lowest BCUT2D eigenvalue weighted by atomic mass is 10.1. The minimum absolute atomic E-state index is 0.0550. The number of piperidine rings is 1. The highest BCUT2D eigenvalue weighted by Gasteiger charge is 2.23. The second kappa shape index (κ2) is 7.19. The van der Waals surface area contributed by atoms with Gasteiger partial charge in [0.25, 0.3) is 5.91 Å². The molecule has 0 spiro atoms. The summed E-state index contributed by atoms with van der Waals surface area (Å²) in [5.41, 5.74) is 0.719. The first-order valence-corrected chi connectivity index (χ1v) is 9.61. The number of carbonyl (C=O) groups excluding carboxylic acids is 1. The number of halogens is 2. The number of hydrogen-bond donors (Lipinski definition) is 1. The van der Waals surface area contributed by atoms with Crippen LogP contribution in [0.2, 0.25) is 0 Å². The normalized spacial score (nSPS) is 14.6. The zero-order valence-electron chi connectivity index (χ0n) is 14.8. The van der Waals surface area contributed by atoms with Gasteiger partial charge in [0.15, 0.2) is 0 Å². The summed E-state index contributed by atoms with van der Waals surface area (Å²) in [5.74, 6) is -1.09. The number of rotatable bonds is 3. The third-order valence-corrected chi connectivity index (χ3v) is 5.95. The van der Waals surface area contributed by atoms with Crippen LogP contribution >= 0.6 is 11.3 Å². The van der Waals surface area contributed by atoms with Gasteiger partial charge in [-0.15, -0.1) is 11.3 Å². The molecule has 27 heavy (non-hydrogen) atoms. The lowest BCUT2D eigenvalue weighted by Crippen LogP contribution is -2.30. The molecule has 0 saturated carbocycles. The molecule has 1 aromatic carbocycles. The van der Waals surface area contributed by atoms with Crippen LogP contribution in [0.15, 0.2) is 24.5 Å². The second-order valence-corrected chi connectivity index (χ2v) is 7.56. The summed E-state index contributed by atoms with van der Waals surface area (Å²) < 4.78 is 26.9. The molecule has 2 aromatic heterocycles. The minimum Gasteiger partial charge on any atom is -0.356 e. The molecular formula is C19H18F2N4OS. The lowest BCUT2D eigenvalue weighted by molar-refractivity contribution is 0.102. The van der Waals surface area contributed by atoms with Gasteiger partial charge in [-0.2, -0.15) is 0 Å². The number of fused-ring (bicyclic) bond motifs is 1. The molecule has 0 unspecified atom stereocenters. The van der Waals surface area contributed by atoms with Crippen LogP contribution in [0.4, 0.5) is 20.3 Å². The summed E-state index contributed by atoms with van der Waals surface area (Å²) in [6.45, 7) is 3.72. The summed E-state index contributed by atoms with van der Waals surface area (Å²) in [6.07, 6.45) is 4.96. The first-order chi connectivity index (χ1) is 13.0. The summed E-state index contributed by atoms with van der Waals surface area (Å²) in [5, 5.41) is 3.39. The molecule has 0 atom stereocenters. The molecule has 5 nitrogen and oxygen atoms in total. The zero-order chi connectivity index (χ0) is 19.0. The summed E-state index contributed by atoms with van der Waals surface area (Å²) in [6, 6.07) is 3.06. The van der Waals surface area contributed by atoms with E-state index in [9.17, 15) is 13.6 Å². The molecule has 1 aliphatic rings. The third kappa shape index (κ3) is 3.37. The highest BCUT2D eigenvalue weighted by molar-refractivity contribution is 7.20. The molecule has 8 heteroatoms. The average molecular weight is 388 g/mol. The Morgan fingerprint density at radius 1 is 1.19 bits per heavy atom. The Kier molecular flexibility index (Phi) is 4.73. The van der Waals surface area contributed by atoms with Gasteiger partial charge in [-0.1, -0.05) is 0 Å². The fourth-order valence-electron chi connectivity index (χ4n) is 3.39. The van der Waals surface area contributed by atoms with E-state index in [2.05, 4.69) is 20.2 Å². The lowest BCUT2D eigenvalue weighted by Gasteiger charge is -2.28. The van der Waals surface area contributed by atoms with Crippen LogP contribution in [0.1, 0.15) is 34.5 Å². The quantitative estimate of drug-likeness (QED) is 0.717. The van der Waals surface area contributed by atoms with Gasteiger partial charge in [0.2, 0.25) is 0 Å². The molecule has 0 aliphatic carbocycles. The monoisotopic (exact) mass is 388 g/mol. The number of carbonyl (C=O) groups is 1. The number of nitrogens with one attached hydrogen (secondary N) is 1. The topological polar surface area (TPSA) is 58.1 Å². The van der Waals surface area contributed by atoms with Crippen LogP contribution in [0.3, 0.4) is 0 Å². The predicted octanol–water partition coefficient (Wildman–Crippen LogP) is 4.52. The van der Waals surface area contributed by atoms with E-state index in [1.54, 1.807) is 0 Å². The van der Waals surface area contributed by atoms with Crippen molar-refractivity contribution in [2.45, 2.75) is 26.2 Å². The highest BCUT2D eigenvalue weighted by atomic mass is 32.1. The molecule has 3 heterocycles. The molecule has 0 bridgehead atoms. The van der Waals surface area contributed by atoms with Crippen LogP contribution in [0.5, 0.6) is 0 Å². The first kappa shape index (κ1) is 17.8. The molecular weight excluding hydrogens is 370 g/mol. The molecule has 0 radical (unpaired) electrons. The van der Waals surface area contributed by atoms with Gasteiger partial charge >= 0.3 is 0 Å². The third-order valence-electron chi connectivity index (χ3n) is 4.75. The standard InChI is InChI=1S/C19H18F2N4OS/c1-11-15-17(25-7-3-2-4-8-25)22-10-23-19(15)27-16(11)18(26)24-14-6-5-12(20)9-13(14)21/h5-6,9-10H,2-4,7-8H2,1H3,(H,24,26). The molecule has 1 amide bonds. The largest absolute Gasteiger partial charge is 0.356 e. The van der Waals surface area contributed by atoms with Gasteiger partial charge in [-0.25, -0.2) is 18.7 Å². The number of anilines is 2. The van der Waals surface area contributed by atoms with E-state index < -0.39 is 17.5 Å². The van der Waals surface area contributed by atoms with Crippen molar-refractivity contribution in [3.63, 3.8) is 0 Å². The SMILES string of the molecule is Cc1c(C(=O)Nc2ccc(F)cc2F)sc2ncnc(N3CCCCC3)c12. The van der Waals surface area contributed by atoms with Crippen LogP contribution in [-0.4, -0.2) is 29.0 Å². The van der Waals surface area contributed by atoms with E-state index in [0.29, 0.717) is 4.88 Å². The number of aromatic nitrogens is 2. The Morgan fingerprint density at radius 2 is 1.96 bits per heavy atom. The molecule has 140 valence electrons. The molecule has 1 aliphatic heterocycles. The maximum absolute atomic E-state index is 13.9. The first-order valence-electron chi connectivity index (χ1n) is 8.80. The Morgan fingerprint density at radius 3 is 2.70 bits per heavy atom. The minimum atomic E-state index is -0.809. The van der Waals surface area contributed by atoms with Crippen molar-refractivity contribution in [3.05, 3.63) is 46.6 Å². The fraction of sp³-hybridized carbons (Fsp3) is 0.316. The maximum atomic E-state index is 13.9. The number of nitrogens with zero attached hydrogens (tertiary/aromatic N) is 3. The van der Waals surface area contributed by atoms with Crippen LogP contribution in [0, 0.1) is 18.6 Å². The van der Waals surface area contributed by atoms with Crippen LogP contribution in [0.25, 0.3) is 10.2 Å². The Bertz CT molecular complexity index is 1010. The maximum Gasteiger partial charge on any atom is 0.266 e. The number of benzene rings is 1. The van der Waals surface area contributed by atoms with Gasteiger partial charge in [-0.3, -0.25) is 4.79 Å². The van der Waals surface area contributed by atoms with Crippen LogP contribution in [-0.2, 0) is 0 Å². The molecule has 1 fully saturated rings. The second-order valence-electron chi connectivity index (χ2n) is 6.56. The van der Waals surface area contributed by atoms with E-state index in [-0.39, 0.29) is 5.69 Å². The van der Waals surface area contributed by atoms with Crippen molar-refractivity contribution in [1.29, 1.82) is 0 Å². The van der Waals surface area contributed by atoms with Crippen molar-refractivity contribution in [2.24, 2.45) is 0 Å². The van der Waals surface area contributed by atoms with Gasteiger partial charge < -0.3 is 10.2 Å². The number of aryl methyl sites for hydroxylation is 1. The van der Waals surface area contributed by atoms with Crippen molar-refractivity contribution in [3.8, 4) is 0 Å². The van der Waals surface area contributed by atoms with Gasteiger partial charge in [0.1, 0.15) is 28.6 Å². The Labute approximate surface area is 159 Å². The summed E-state index contributed by atoms with van der Waals surface area (Å²) in [4.78, 5) is 24.9. The van der Waals surface area contributed by atoms with E-state index in [4.69, 9.17) is 0 Å². The number of hydrogen-bond acceptors (Lipinski definition) is 5. The zero-order valence-corrected chi connectivity index (χ0v) is 15.6. The van der Waals surface area contributed by atoms with E-state index in [1.807, 2.05) is 6.92 Å². The van der Waals surface area contributed by atoms with Crippen molar-refractivity contribution >= 4 is 39.0 Å². The Hall–Kier alpha value is -2.61. The highest BCUT2D eigenvalue weighted by Crippen LogP contribution is 2.36. The molecule has 1 saturated heterocycles. The van der Waals surface area contributed by atoms with Gasteiger partial charge in [-0.05, 0) is 43.9 Å². The summed E-state index contributed by atoms with van der Waals surface area (Å²) >= 11 is 1.25. The Balaban J connectivity index is 1.70. The van der Waals surface area contributed by atoms with E-state index in [0.717, 1.165) is 59.7 Å². The van der Waals surface area contributed by atoms with E-state index >= 15 is 0 Å². The van der Waals surface area contributed by atoms with Crippen molar-refractivity contribution in [2.75, 3.05) is 23.3 Å². The molecule has 1 N–H and O–H groups in total. The number of amides is 1. The van der Waals surface area contributed by atoms with Crippen molar-refractivity contribution < 1.29 is 13.6 Å². The van der Waals surface area contributed by atoms with E-state index in [1.165, 1.54) is 30.2 Å². The van der Waals surface area contributed by atoms with Gasteiger partial charge in [0, 0.05) is 19.2 Å². The van der Waals surface area contributed by atoms with Crippen molar-refractivity contribution in [1.82, 2.24) is 9.97 Å². The number of thiophene rings is 1. The molecule has 4 rings (SSSR count). The average Bonchev–Trinajstić information content (AvgIpc) is 3.02. The summed E-state index contributed by atoms with van der Waals surface area (Å²) in [7, 11) is 0. The fourth-order valence-corrected chi connectivity index (χ4v) is 4.42. The van der Waals surface area contributed by atoms with Crippen LogP contribution < -0.4 is 10.2 Å². The smallest absolute Gasteiger partial charge is 0.266 e.